The molecule has 0 aliphatic rings. The number of phenolic OH excluding ortho intramolecular Hbond substituents is 1. The van der Waals surface area contributed by atoms with Crippen molar-refractivity contribution in [2.75, 3.05) is 13.2 Å². The summed E-state index contributed by atoms with van der Waals surface area (Å²) in [5.74, 6) is 0.859. The standard InChI is InChI=1S/C8H10O3.C3H8/c9-5-6-11-8-3-1-7(10)2-4-8;1-3-2/h1-4,9-10H,5-6H2;3H2,1-2H3. The molecule has 0 spiro atoms. The van der Waals surface area contributed by atoms with Crippen molar-refractivity contribution in [2.45, 2.75) is 20.3 Å². The topological polar surface area (TPSA) is 49.7 Å². The fraction of sp³-hybridized carbons (Fsp3) is 0.455. The monoisotopic (exact) mass is 198 g/mol. The number of rotatable bonds is 3. The number of phenols is 1. The molecule has 1 aromatic rings. The van der Waals surface area contributed by atoms with Gasteiger partial charge in [0.15, 0.2) is 0 Å². The zero-order valence-corrected chi connectivity index (χ0v) is 8.73. The molecule has 0 amide bonds. The van der Waals surface area contributed by atoms with E-state index in [1.165, 1.54) is 18.6 Å². The van der Waals surface area contributed by atoms with E-state index >= 15 is 0 Å². The number of ether oxygens (including phenoxy) is 1. The molecule has 0 radical (unpaired) electrons. The third-order valence-electron chi connectivity index (χ3n) is 1.20. The Morgan fingerprint density at radius 1 is 1.14 bits per heavy atom. The molecule has 80 valence electrons. The highest BCUT2D eigenvalue weighted by molar-refractivity contribution is 5.29. The molecule has 0 fully saturated rings. The average Bonchev–Trinajstić information content (AvgIpc) is 2.18. The van der Waals surface area contributed by atoms with Crippen LogP contribution in [0, 0.1) is 0 Å². The lowest BCUT2D eigenvalue weighted by atomic mass is 10.3. The minimum atomic E-state index is 0.000869. The van der Waals surface area contributed by atoms with Gasteiger partial charge in [-0.3, -0.25) is 0 Å². The van der Waals surface area contributed by atoms with Crippen molar-refractivity contribution in [1.29, 1.82) is 0 Å². The lowest BCUT2D eigenvalue weighted by Crippen LogP contribution is -2.00. The Morgan fingerprint density at radius 2 is 1.64 bits per heavy atom. The first kappa shape index (κ1) is 12.8. The Kier molecular flexibility index (Phi) is 7.65. The van der Waals surface area contributed by atoms with E-state index in [0.717, 1.165) is 0 Å². The lowest BCUT2D eigenvalue weighted by Gasteiger charge is -2.02. The second-order valence-corrected chi connectivity index (χ2v) is 2.77. The van der Waals surface area contributed by atoms with Crippen molar-refractivity contribution < 1.29 is 14.9 Å². The highest BCUT2D eigenvalue weighted by Crippen LogP contribution is 2.15. The van der Waals surface area contributed by atoms with Gasteiger partial charge in [0, 0.05) is 0 Å². The molecule has 3 nitrogen and oxygen atoms in total. The van der Waals surface area contributed by atoms with Crippen LogP contribution in [-0.2, 0) is 0 Å². The van der Waals surface area contributed by atoms with E-state index in [-0.39, 0.29) is 19.0 Å². The summed E-state index contributed by atoms with van der Waals surface area (Å²) < 4.78 is 5.05. The first-order valence-electron chi connectivity index (χ1n) is 4.77. The molecule has 0 unspecified atom stereocenters. The fourth-order valence-corrected chi connectivity index (χ4v) is 0.706. The van der Waals surface area contributed by atoms with Crippen molar-refractivity contribution in [3.05, 3.63) is 24.3 Å². The second kappa shape index (κ2) is 8.38. The summed E-state index contributed by atoms with van der Waals surface area (Å²) in [7, 11) is 0. The molecule has 0 heterocycles. The van der Waals surface area contributed by atoms with E-state index in [4.69, 9.17) is 14.9 Å². The Morgan fingerprint density at radius 3 is 2.07 bits per heavy atom. The largest absolute Gasteiger partial charge is 0.508 e. The molecular formula is C11H18O3. The van der Waals surface area contributed by atoms with Gasteiger partial charge in [-0.2, -0.15) is 0 Å². The normalized spacial score (nSPS) is 8.79. The van der Waals surface area contributed by atoms with Gasteiger partial charge in [-0.1, -0.05) is 20.3 Å². The third kappa shape index (κ3) is 6.31. The molecule has 1 rings (SSSR count). The van der Waals surface area contributed by atoms with Crippen LogP contribution in [0.1, 0.15) is 20.3 Å². The predicted molar refractivity (Wildman–Crippen MR) is 56.7 cm³/mol. The maximum absolute atomic E-state index is 8.88. The van der Waals surface area contributed by atoms with Crippen LogP contribution in [0.15, 0.2) is 24.3 Å². The summed E-state index contributed by atoms with van der Waals surface area (Å²) in [4.78, 5) is 0. The van der Waals surface area contributed by atoms with Gasteiger partial charge in [0.2, 0.25) is 0 Å². The maximum atomic E-state index is 8.88. The Hall–Kier alpha value is -1.22. The van der Waals surface area contributed by atoms with Crippen LogP contribution in [0.4, 0.5) is 0 Å². The van der Waals surface area contributed by atoms with Crippen LogP contribution < -0.4 is 4.74 Å². The van der Waals surface area contributed by atoms with E-state index in [0.29, 0.717) is 5.75 Å². The molecule has 0 aromatic heterocycles. The highest BCUT2D eigenvalue weighted by Gasteiger charge is 1.91. The molecule has 0 aliphatic heterocycles. The molecule has 0 bridgehead atoms. The van der Waals surface area contributed by atoms with Crippen molar-refractivity contribution in [3.8, 4) is 11.5 Å². The molecule has 0 aliphatic carbocycles. The van der Waals surface area contributed by atoms with Crippen molar-refractivity contribution in [2.24, 2.45) is 0 Å². The number of aliphatic hydroxyl groups is 1. The van der Waals surface area contributed by atoms with Gasteiger partial charge >= 0.3 is 0 Å². The maximum Gasteiger partial charge on any atom is 0.119 e. The SMILES string of the molecule is CCC.OCCOc1ccc(O)cc1. The Bertz CT molecular complexity index is 218. The van der Waals surface area contributed by atoms with E-state index in [2.05, 4.69) is 13.8 Å². The summed E-state index contributed by atoms with van der Waals surface area (Å²) in [6.45, 7) is 4.53. The summed E-state index contributed by atoms with van der Waals surface area (Å²) in [6.07, 6.45) is 1.25. The molecule has 2 N–H and O–H groups in total. The van der Waals surface area contributed by atoms with Crippen molar-refractivity contribution in [1.82, 2.24) is 0 Å². The van der Waals surface area contributed by atoms with Gasteiger partial charge in [0.05, 0.1) is 6.61 Å². The van der Waals surface area contributed by atoms with Crippen LogP contribution in [0.5, 0.6) is 11.5 Å². The molecule has 0 saturated carbocycles. The van der Waals surface area contributed by atoms with Crippen LogP contribution in [-0.4, -0.2) is 23.4 Å². The molecule has 14 heavy (non-hydrogen) atoms. The zero-order chi connectivity index (χ0) is 10.8. The smallest absolute Gasteiger partial charge is 0.119 e. The highest BCUT2D eigenvalue weighted by atomic mass is 16.5. The van der Waals surface area contributed by atoms with Gasteiger partial charge in [-0.15, -0.1) is 0 Å². The summed E-state index contributed by atoms with van der Waals surface area (Å²) in [6, 6.07) is 6.36. The number of aliphatic hydroxyl groups excluding tert-OH is 1. The minimum Gasteiger partial charge on any atom is -0.508 e. The fourth-order valence-electron chi connectivity index (χ4n) is 0.706. The Labute approximate surface area is 85.0 Å². The quantitative estimate of drug-likeness (QED) is 0.782. The van der Waals surface area contributed by atoms with Gasteiger partial charge < -0.3 is 14.9 Å². The molecule has 0 atom stereocenters. The van der Waals surface area contributed by atoms with Crippen LogP contribution in [0.2, 0.25) is 0 Å². The number of hydrogen-bond donors (Lipinski definition) is 2. The van der Waals surface area contributed by atoms with E-state index in [1.54, 1.807) is 12.1 Å². The van der Waals surface area contributed by atoms with E-state index in [9.17, 15) is 0 Å². The molecule has 0 saturated heterocycles. The van der Waals surface area contributed by atoms with Gasteiger partial charge in [-0.25, -0.2) is 0 Å². The van der Waals surface area contributed by atoms with Crippen molar-refractivity contribution >= 4 is 0 Å². The van der Waals surface area contributed by atoms with Gasteiger partial charge in [-0.05, 0) is 24.3 Å². The van der Waals surface area contributed by atoms with Gasteiger partial charge in [0.25, 0.3) is 0 Å². The molecular weight excluding hydrogens is 180 g/mol. The van der Waals surface area contributed by atoms with Crippen LogP contribution >= 0.6 is 0 Å². The summed E-state index contributed by atoms with van der Waals surface area (Å²) >= 11 is 0. The second-order valence-electron chi connectivity index (χ2n) is 2.77. The minimum absolute atomic E-state index is 0.000869. The number of hydrogen-bond acceptors (Lipinski definition) is 3. The average molecular weight is 198 g/mol. The summed E-state index contributed by atoms with van der Waals surface area (Å²) in [5.41, 5.74) is 0. The predicted octanol–water partition coefficient (Wildman–Crippen LogP) is 2.18. The number of benzene rings is 1. The van der Waals surface area contributed by atoms with Gasteiger partial charge in [0.1, 0.15) is 18.1 Å². The van der Waals surface area contributed by atoms with Crippen LogP contribution in [0.25, 0.3) is 0 Å². The van der Waals surface area contributed by atoms with E-state index in [1.807, 2.05) is 0 Å². The van der Waals surface area contributed by atoms with Crippen molar-refractivity contribution in [3.63, 3.8) is 0 Å². The first-order valence-corrected chi connectivity index (χ1v) is 4.77. The third-order valence-corrected chi connectivity index (χ3v) is 1.20. The lowest BCUT2D eigenvalue weighted by molar-refractivity contribution is 0.201. The van der Waals surface area contributed by atoms with E-state index < -0.39 is 0 Å². The number of aromatic hydroxyl groups is 1. The van der Waals surface area contributed by atoms with Crippen LogP contribution in [0.3, 0.4) is 0 Å². The molecule has 1 aromatic carbocycles. The molecule has 3 heteroatoms. The Balaban J connectivity index is 0.000000500. The summed E-state index contributed by atoms with van der Waals surface area (Å²) in [5, 5.41) is 17.3. The zero-order valence-electron chi connectivity index (χ0n) is 8.73. The first-order chi connectivity index (χ1) is 6.74.